The number of hydrogen-bond acceptors (Lipinski definition) is 6. The van der Waals surface area contributed by atoms with Crippen LogP contribution in [0.2, 0.25) is 0 Å². The first-order valence-corrected chi connectivity index (χ1v) is 8.02. The molecule has 1 N–H and O–H groups in total. The molecule has 3 aromatic rings. The number of aromatic carboxylic acids is 1. The summed E-state index contributed by atoms with van der Waals surface area (Å²) in [5, 5.41) is 19.0. The molecule has 8 heteroatoms. The largest absolute Gasteiger partial charge is 0.476 e. The molecular weight excluding hydrogens is 308 g/mol. The van der Waals surface area contributed by atoms with Crippen molar-refractivity contribution in [2.24, 2.45) is 0 Å². The van der Waals surface area contributed by atoms with Crippen LogP contribution in [0.5, 0.6) is 0 Å². The Balaban J connectivity index is 1.92. The summed E-state index contributed by atoms with van der Waals surface area (Å²) in [5.41, 5.74) is 3.39. The van der Waals surface area contributed by atoms with E-state index in [1.165, 1.54) is 16.2 Å². The van der Waals surface area contributed by atoms with E-state index in [1.54, 1.807) is 16.0 Å². The van der Waals surface area contributed by atoms with Crippen LogP contribution in [0.15, 0.2) is 23.0 Å². The molecule has 0 amide bonds. The molecule has 0 aliphatic rings. The number of hydrogen-bond donors (Lipinski definition) is 1. The number of carbonyl (C=O) groups is 1. The molecule has 0 bridgehead atoms. The topological polar surface area (TPSA) is 80.9 Å². The van der Waals surface area contributed by atoms with Gasteiger partial charge in [-0.3, -0.25) is 0 Å². The number of rotatable bonds is 5. The summed E-state index contributed by atoms with van der Waals surface area (Å²) in [6.07, 6.45) is 0.761. The third-order valence-electron chi connectivity index (χ3n) is 3.09. The lowest BCUT2D eigenvalue weighted by atomic mass is 10.2. The molecule has 0 atom stereocenters. The van der Waals surface area contributed by atoms with Crippen LogP contribution >= 0.6 is 22.7 Å². The molecule has 108 valence electrons. The maximum atomic E-state index is 11.3. The van der Waals surface area contributed by atoms with E-state index < -0.39 is 5.97 Å². The zero-order chi connectivity index (χ0) is 14.8. The van der Waals surface area contributed by atoms with E-state index in [0.29, 0.717) is 12.2 Å². The summed E-state index contributed by atoms with van der Waals surface area (Å²) in [5.74, 6) is -1.06. The number of carboxylic acid groups (broad SMARTS) is 1. The number of thiazole rings is 1. The average Bonchev–Trinajstić information content (AvgIpc) is 3.16. The number of thiophene rings is 1. The number of aromatic nitrogens is 4. The van der Waals surface area contributed by atoms with Crippen LogP contribution in [0.4, 0.5) is 0 Å². The van der Waals surface area contributed by atoms with Gasteiger partial charge in [0.2, 0.25) is 0 Å². The zero-order valence-electron chi connectivity index (χ0n) is 11.2. The molecule has 0 spiro atoms. The van der Waals surface area contributed by atoms with Crippen molar-refractivity contribution in [3.05, 3.63) is 39.3 Å². The summed E-state index contributed by atoms with van der Waals surface area (Å²) in [7, 11) is 0. The summed E-state index contributed by atoms with van der Waals surface area (Å²) in [6, 6.07) is 3.76. The van der Waals surface area contributed by atoms with Crippen LogP contribution in [0.1, 0.15) is 21.1 Å². The van der Waals surface area contributed by atoms with Crippen LogP contribution in [-0.2, 0) is 13.0 Å². The minimum Gasteiger partial charge on any atom is -0.476 e. The summed E-state index contributed by atoms with van der Waals surface area (Å²) in [6.45, 7) is 2.55. The Hall–Kier alpha value is -2.06. The molecule has 0 fully saturated rings. The van der Waals surface area contributed by atoms with E-state index in [1.807, 2.05) is 29.9 Å². The van der Waals surface area contributed by atoms with Gasteiger partial charge in [-0.2, -0.15) is 0 Å². The Labute approximate surface area is 128 Å². The van der Waals surface area contributed by atoms with Crippen molar-refractivity contribution in [2.45, 2.75) is 19.9 Å². The van der Waals surface area contributed by atoms with Crippen LogP contribution in [0, 0.1) is 6.92 Å². The second-order valence-electron chi connectivity index (χ2n) is 4.40. The van der Waals surface area contributed by atoms with Crippen LogP contribution < -0.4 is 0 Å². The lowest BCUT2D eigenvalue weighted by Crippen LogP contribution is -2.06. The lowest BCUT2D eigenvalue weighted by molar-refractivity contribution is 0.0691. The first-order chi connectivity index (χ1) is 10.2. The predicted molar refractivity (Wildman–Crippen MR) is 80.8 cm³/mol. The molecule has 0 aliphatic heterocycles. The molecule has 0 aliphatic carbocycles. The van der Waals surface area contributed by atoms with Crippen LogP contribution in [-0.4, -0.2) is 31.1 Å². The van der Waals surface area contributed by atoms with Gasteiger partial charge in [0.1, 0.15) is 5.69 Å². The van der Waals surface area contributed by atoms with Crippen molar-refractivity contribution in [2.75, 3.05) is 0 Å². The van der Waals surface area contributed by atoms with E-state index in [4.69, 9.17) is 0 Å². The highest BCUT2D eigenvalue weighted by molar-refractivity contribution is 7.13. The highest BCUT2D eigenvalue weighted by atomic mass is 32.1. The Kier molecular flexibility index (Phi) is 3.80. The maximum Gasteiger partial charge on any atom is 0.358 e. The minimum absolute atomic E-state index is 0.00141. The molecule has 3 aromatic heterocycles. The maximum absolute atomic E-state index is 11.3. The molecule has 0 saturated carbocycles. The van der Waals surface area contributed by atoms with Crippen molar-refractivity contribution in [1.82, 2.24) is 20.0 Å². The molecule has 21 heavy (non-hydrogen) atoms. The van der Waals surface area contributed by atoms with E-state index in [9.17, 15) is 9.90 Å². The van der Waals surface area contributed by atoms with Gasteiger partial charge in [-0.05, 0) is 18.4 Å². The fourth-order valence-corrected chi connectivity index (χ4v) is 3.59. The molecule has 0 aromatic carbocycles. The Bertz CT molecular complexity index is 761. The molecule has 0 radical (unpaired) electrons. The van der Waals surface area contributed by atoms with E-state index >= 15 is 0 Å². The van der Waals surface area contributed by atoms with Crippen molar-refractivity contribution in [1.29, 1.82) is 0 Å². The highest BCUT2D eigenvalue weighted by Gasteiger charge is 2.21. The minimum atomic E-state index is -1.06. The van der Waals surface area contributed by atoms with Gasteiger partial charge in [-0.25, -0.2) is 14.5 Å². The van der Waals surface area contributed by atoms with E-state index in [-0.39, 0.29) is 5.69 Å². The molecular formula is C13H12N4O2S2. The first kappa shape index (κ1) is 13.9. The van der Waals surface area contributed by atoms with Gasteiger partial charge >= 0.3 is 5.97 Å². The standard InChI is InChI=1S/C13H12N4O2S2/c1-8-9(21-7-14-8)4-5-17-12(10-3-2-6-20-10)11(13(18)19)15-16-17/h2-3,6-7H,4-5H2,1H3,(H,18,19). The van der Waals surface area contributed by atoms with Gasteiger partial charge in [-0.1, -0.05) is 11.3 Å². The molecule has 0 unspecified atom stereocenters. The van der Waals surface area contributed by atoms with Crippen molar-refractivity contribution < 1.29 is 9.90 Å². The second-order valence-corrected chi connectivity index (χ2v) is 6.29. The summed E-state index contributed by atoms with van der Waals surface area (Å²) < 4.78 is 1.66. The van der Waals surface area contributed by atoms with Gasteiger partial charge < -0.3 is 5.11 Å². The number of carboxylic acids is 1. The third-order valence-corrected chi connectivity index (χ3v) is 4.96. The van der Waals surface area contributed by atoms with Gasteiger partial charge in [0.15, 0.2) is 5.69 Å². The lowest BCUT2D eigenvalue weighted by Gasteiger charge is -2.05. The van der Waals surface area contributed by atoms with Gasteiger partial charge in [0.25, 0.3) is 0 Å². The van der Waals surface area contributed by atoms with E-state index in [2.05, 4.69) is 15.3 Å². The quantitative estimate of drug-likeness (QED) is 0.781. The van der Waals surface area contributed by atoms with Crippen LogP contribution in [0.3, 0.4) is 0 Å². The Morgan fingerprint density at radius 1 is 1.43 bits per heavy atom. The third kappa shape index (κ3) is 2.72. The molecule has 0 saturated heterocycles. The van der Waals surface area contributed by atoms with Crippen LogP contribution in [0.25, 0.3) is 10.6 Å². The highest BCUT2D eigenvalue weighted by Crippen LogP contribution is 2.27. The molecule has 3 heterocycles. The van der Waals surface area contributed by atoms with E-state index in [0.717, 1.165) is 17.0 Å². The molecule has 3 rings (SSSR count). The fourth-order valence-electron chi connectivity index (χ4n) is 2.04. The monoisotopic (exact) mass is 320 g/mol. The summed E-state index contributed by atoms with van der Waals surface area (Å²) in [4.78, 5) is 17.6. The van der Waals surface area contributed by atoms with Gasteiger partial charge in [0, 0.05) is 17.8 Å². The fraction of sp³-hybridized carbons (Fsp3) is 0.231. The van der Waals surface area contributed by atoms with Gasteiger partial charge in [-0.15, -0.1) is 27.8 Å². The number of aryl methyl sites for hydroxylation is 3. The number of nitrogens with zero attached hydrogens (tertiary/aromatic N) is 4. The zero-order valence-corrected chi connectivity index (χ0v) is 12.8. The van der Waals surface area contributed by atoms with Gasteiger partial charge in [0.05, 0.1) is 16.1 Å². The molecule has 6 nitrogen and oxygen atoms in total. The smallest absolute Gasteiger partial charge is 0.358 e. The second kappa shape index (κ2) is 5.74. The normalized spacial score (nSPS) is 10.9. The first-order valence-electron chi connectivity index (χ1n) is 6.26. The Morgan fingerprint density at radius 2 is 2.29 bits per heavy atom. The predicted octanol–water partition coefficient (Wildman–Crippen LogP) is 2.71. The average molecular weight is 320 g/mol. The van der Waals surface area contributed by atoms with Crippen molar-refractivity contribution >= 4 is 28.6 Å². The summed E-state index contributed by atoms with van der Waals surface area (Å²) >= 11 is 3.08. The Morgan fingerprint density at radius 3 is 2.90 bits per heavy atom. The SMILES string of the molecule is Cc1ncsc1CCn1nnc(C(=O)O)c1-c1cccs1. The van der Waals surface area contributed by atoms with Crippen molar-refractivity contribution in [3.63, 3.8) is 0 Å². The van der Waals surface area contributed by atoms with Crippen molar-refractivity contribution in [3.8, 4) is 10.6 Å².